The summed E-state index contributed by atoms with van der Waals surface area (Å²) >= 11 is 0. The van der Waals surface area contributed by atoms with Crippen LogP contribution >= 0.6 is 0 Å². The van der Waals surface area contributed by atoms with Gasteiger partial charge < -0.3 is 19.5 Å². The first-order chi connectivity index (χ1) is 16.9. The predicted molar refractivity (Wildman–Crippen MR) is 135 cm³/mol. The highest BCUT2D eigenvalue weighted by molar-refractivity contribution is 6.08. The first-order valence-corrected chi connectivity index (χ1v) is 11.7. The average Bonchev–Trinajstić information content (AvgIpc) is 3.32. The summed E-state index contributed by atoms with van der Waals surface area (Å²) in [5.41, 5.74) is 4.03. The smallest absolute Gasteiger partial charge is 0.228 e. The van der Waals surface area contributed by atoms with Gasteiger partial charge in [0.25, 0.3) is 0 Å². The van der Waals surface area contributed by atoms with Crippen molar-refractivity contribution in [1.29, 1.82) is 0 Å². The van der Waals surface area contributed by atoms with Crippen molar-refractivity contribution >= 4 is 22.5 Å². The van der Waals surface area contributed by atoms with Crippen LogP contribution in [0.5, 0.6) is 5.75 Å². The van der Waals surface area contributed by atoms with E-state index in [2.05, 4.69) is 51.0 Å². The van der Waals surface area contributed by atoms with Crippen LogP contribution in [0, 0.1) is 5.82 Å². The third-order valence-electron chi connectivity index (χ3n) is 6.70. The maximum Gasteiger partial charge on any atom is 0.228 e. The number of aromatic amines is 1. The highest BCUT2D eigenvalue weighted by atomic mass is 19.1. The molecule has 0 spiro atoms. The maximum atomic E-state index is 13.9. The molecule has 1 N–H and O–H groups in total. The number of carbonyl (C=O) groups excluding carboxylic acids is 1. The van der Waals surface area contributed by atoms with E-state index in [9.17, 15) is 9.18 Å². The second-order valence-electron chi connectivity index (χ2n) is 9.07. The van der Waals surface area contributed by atoms with Crippen LogP contribution in [0.25, 0.3) is 22.3 Å². The number of hydrogen-bond acceptors (Lipinski definition) is 6. The molecule has 0 bridgehead atoms. The summed E-state index contributed by atoms with van der Waals surface area (Å²) in [6, 6.07) is 14.2. The van der Waals surface area contributed by atoms with Crippen LogP contribution in [0.4, 0.5) is 10.1 Å². The van der Waals surface area contributed by atoms with Gasteiger partial charge in [0.15, 0.2) is 5.82 Å². The molecule has 7 nitrogen and oxygen atoms in total. The maximum absolute atomic E-state index is 13.9. The Kier molecular flexibility index (Phi) is 6.21. The number of imidazole rings is 1. The average molecular weight is 474 g/mol. The van der Waals surface area contributed by atoms with Crippen molar-refractivity contribution in [2.75, 3.05) is 39.2 Å². The molecule has 180 valence electrons. The predicted octanol–water partition coefficient (Wildman–Crippen LogP) is 4.53. The highest BCUT2D eigenvalue weighted by Crippen LogP contribution is 2.30. The van der Waals surface area contributed by atoms with Gasteiger partial charge in [-0.3, -0.25) is 9.78 Å². The molecule has 3 heterocycles. The number of carbonyl (C=O) groups is 1. The summed E-state index contributed by atoms with van der Waals surface area (Å²) in [6.45, 7) is 2.00. The van der Waals surface area contributed by atoms with Gasteiger partial charge in [0.1, 0.15) is 11.6 Å². The zero-order chi connectivity index (χ0) is 24.5. The lowest BCUT2D eigenvalue weighted by Crippen LogP contribution is -2.41. The first-order valence-electron chi connectivity index (χ1n) is 11.7. The summed E-state index contributed by atoms with van der Waals surface area (Å²) in [7, 11) is 5.78. The summed E-state index contributed by atoms with van der Waals surface area (Å²) in [4.78, 5) is 30.0. The van der Waals surface area contributed by atoms with E-state index >= 15 is 0 Å². The van der Waals surface area contributed by atoms with E-state index in [-0.39, 0.29) is 11.6 Å². The Morgan fingerprint density at radius 1 is 1.11 bits per heavy atom. The van der Waals surface area contributed by atoms with E-state index < -0.39 is 5.82 Å². The van der Waals surface area contributed by atoms with E-state index in [1.165, 1.54) is 25.4 Å². The van der Waals surface area contributed by atoms with Crippen molar-refractivity contribution in [2.45, 2.75) is 18.9 Å². The second kappa shape index (κ2) is 9.46. The van der Waals surface area contributed by atoms with Crippen LogP contribution < -0.4 is 9.64 Å². The van der Waals surface area contributed by atoms with Gasteiger partial charge in [0.2, 0.25) is 5.78 Å². The molecule has 0 amide bonds. The Balaban J connectivity index is 1.40. The fourth-order valence-electron chi connectivity index (χ4n) is 4.68. The van der Waals surface area contributed by atoms with Crippen molar-refractivity contribution in [3.8, 4) is 17.0 Å². The van der Waals surface area contributed by atoms with Gasteiger partial charge in [-0.2, -0.15) is 0 Å². The molecule has 1 fully saturated rings. The molecule has 1 saturated heterocycles. The molecule has 5 rings (SSSR count). The molecule has 4 aromatic rings. The molecule has 0 saturated carbocycles. The Morgan fingerprint density at radius 3 is 2.66 bits per heavy atom. The van der Waals surface area contributed by atoms with E-state index in [1.54, 1.807) is 18.2 Å². The summed E-state index contributed by atoms with van der Waals surface area (Å²) in [6.07, 6.45) is 3.78. The number of H-pyrrole nitrogens is 1. The monoisotopic (exact) mass is 473 g/mol. The van der Waals surface area contributed by atoms with Crippen molar-refractivity contribution in [3.63, 3.8) is 0 Å². The van der Waals surface area contributed by atoms with Gasteiger partial charge >= 0.3 is 0 Å². The van der Waals surface area contributed by atoms with E-state index in [1.807, 2.05) is 6.07 Å². The molecule has 0 atom stereocenters. The number of nitrogens with one attached hydrogen (secondary N) is 1. The number of aromatic nitrogens is 3. The summed E-state index contributed by atoms with van der Waals surface area (Å²) in [5.74, 6) is 0.0770. The molecule has 35 heavy (non-hydrogen) atoms. The van der Waals surface area contributed by atoms with Crippen LogP contribution in [0.2, 0.25) is 0 Å². The fraction of sp³-hybridized carbons (Fsp3) is 0.296. The lowest BCUT2D eigenvalue weighted by molar-refractivity contribution is 0.103. The Bertz CT molecular complexity index is 1380. The second-order valence-corrected chi connectivity index (χ2v) is 9.07. The zero-order valence-corrected chi connectivity index (χ0v) is 20.1. The number of benzene rings is 2. The quantitative estimate of drug-likeness (QED) is 0.415. The number of fused-ring (bicyclic) bond motifs is 1. The number of anilines is 1. The van der Waals surface area contributed by atoms with Gasteiger partial charge in [0, 0.05) is 42.1 Å². The van der Waals surface area contributed by atoms with Gasteiger partial charge in [-0.15, -0.1) is 0 Å². The lowest BCUT2D eigenvalue weighted by atomic mass is 10.0. The normalized spacial score (nSPS) is 14.6. The number of halogens is 1. The van der Waals surface area contributed by atoms with Crippen LogP contribution in [0.1, 0.15) is 29.0 Å². The van der Waals surface area contributed by atoms with E-state index in [0.717, 1.165) is 42.7 Å². The van der Waals surface area contributed by atoms with Crippen molar-refractivity contribution < 1.29 is 13.9 Å². The van der Waals surface area contributed by atoms with Gasteiger partial charge in [0.05, 0.1) is 23.8 Å². The number of hydrogen-bond donors (Lipinski definition) is 1. The zero-order valence-electron chi connectivity index (χ0n) is 20.1. The molecule has 1 aliphatic heterocycles. The molecule has 2 aromatic heterocycles. The number of rotatable bonds is 6. The van der Waals surface area contributed by atoms with E-state index in [4.69, 9.17) is 4.74 Å². The first kappa shape index (κ1) is 23.0. The summed E-state index contributed by atoms with van der Waals surface area (Å²) in [5, 5.41) is 0. The van der Waals surface area contributed by atoms with E-state index in [0.29, 0.717) is 28.6 Å². The largest absolute Gasteiger partial charge is 0.496 e. The minimum Gasteiger partial charge on any atom is -0.496 e. The van der Waals surface area contributed by atoms with Crippen molar-refractivity contribution in [2.24, 2.45) is 0 Å². The number of pyridine rings is 1. The lowest BCUT2D eigenvalue weighted by Gasteiger charge is -2.36. The van der Waals surface area contributed by atoms with Gasteiger partial charge in [-0.1, -0.05) is 0 Å². The highest BCUT2D eigenvalue weighted by Gasteiger charge is 2.22. The number of nitrogens with zero attached hydrogens (tertiary/aromatic N) is 4. The van der Waals surface area contributed by atoms with Crippen LogP contribution in [-0.2, 0) is 0 Å². The molecule has 0 unspecified atom stereocenters. The van der Waals surface area contributed by atoms with Gasteiger partial charge in [-0.05, 0) is 75.5 Å². The SMILES string of the molecule is COc1ccc(F)cc1-c1cc(C(=O)c2nc3ccc(N4CCC(N(C)C)CC4)cc3[nH]2)ccn1. The minimum absolute atomic E-state index is 0.256. The molecule has 8 heteroatoms. The molecule has 1 aliphatic rings. The minimum atomic E-state index is -0.404. The molecular formula is C27H28FN5O2. The molecular weight excluding hydrogens is 445 g/mol. The Labute approximate surface area is 203 Å². The van der Waals surface area contributed by atoms with Crippen molar-refractivity contribution in [3.05, 3.63) is 71.9 Å². The van der Waals surface area contributed by atoms with Gasteiger partial charge in [-0.25, -0.2) is 9.37 Å². The third-order valence-corrected chi connectivity index (χ3v) is 6.70. The van der Waals surface area contributed by atoms with Crippen molar-refractivity contribution in [1.82, 2.24) is 19.9 Å². The Hall–Kier alpha value is -3.78. The third kappa shape index (κ3) is 4.61. The standard InChI is InChI=1S/C27H28FN5O2/c1-32(2)19-9-12-33(13-10-19)20-5-6-22-24(16-20)31-27(30-22)26(34)17-8-11-29-23(14-17)21-15-18(28)4-7-25(21)35-3/h4-8,11,14-16,19H,9-10,12-13H2,1-3H3,(H,30,31). The summed E-state index contributed by atoms with van der Waals surface area (Å²) < 4.78 is 19.2. The molecule has 0 aliphatic carbocycles. The number of ether oxygens (including phenoxy) is 1. The molecule has 0 radical (unpaired) electrons. The fourth-order valence-corrected chi connectivity index (χ4v) is 4.68. The van der Waals surface area contributed by atoms with Crippen LogP contribution in [0.15, 0.2) is 54.7 Å². The topological polar surface area (TPSA) is 74.3 Å². The molecule has 2 aromatic carbocycles. The number of piperidine rings is 1. The number of ketones is 1. The number of methoxy groups -OCH3 is 1. The van der Waals surface area contributed by atoms with Crippen LogP contribution in [0.3, 0.4) is 0 Å². The Morgan fingerprint density at radius 2 is 1.91 bits per heavy atom. The van der Waals surface area contributed by atoms with Crippen LogP contribution in [-0.4, -0.2) is 66.0 Å².